The third-order valence-corrected chi connectivity index (χ3v) is 4.70. The van der Waals surface area contributed by atoms with Crippen molar-refractivity contribution < 1.29 is 4.79 Å². The van der Waals surface area contributed by atoms with Gasteiger partial charge in [-0.3, -0.25) is 4.79 Å². The summed E-state index contributed by atoms with van der Waals surface area (Å²) in [6.45, 7) is 2.25. The van der Waals surface area contributed by atoms with Crippen LogP contribution in [0.15, 0.2) is 24.3 Å². The summed E-state index contributed by atoms with van der Waals surface area (Å²) in [6, 6.07) is 8.19. The Hall–Kier alpha value is -1.39. The summed E-state index contributed by atoms with van der Waals surface area (Å²) in [5.74, 6) is 0.534. The van der Waals surface area contributed by atoms with Crippen molar-refractivity contribution in [2.45, 2.75) is 31.2 Å². The summed E-state index contributed by atoms with van der Waals surface area (Å²) in [4.78, 5) is 14.7. The lowest BCUT2D eigenvalue weighted by atomic mass is 9.91. The summed E-state index contributed by atoms with van der Waals surface area (Å²) in [5.41, 5.74) is 13.9. The topological polar surface area (TPSA) is 72.3 Å². The molecule has 3 rings (SSSR count). The van der Waals surface area contributed by atoms with Gasteiger partial charge in [-0.25, -0.2) is 0 Å². The SMILES string of the molecule is NCC1CCCN(C(=O)C2(N)Cc3ccccc3C2)C1. The van der Waals surface area contributed by atoms with Gasteiger partial charge in [0.15, 0.2) is 0 Å². The normalized spacial score (nSPS) is 24.5. The van der Waals surface area contributed by atoms with Crippen LogP contribution in [0.25, 0.3) is 0 Å². The van der Waals surface area contributed by atoms with Crippen molar-refractivity contribution in [3.63, 3.8) is 0 Å². The van der Waals surface area contributed by atoms with Gasteiger partial charge in [-0.05, 0) is 49.3 Å². The van der Waals surface area contributed by atoms with Crippen molar-refractivity contribution in [1.82, 2.24) is 4.90 Å². The van der Waals surface area contributed by atoms with Gasteiger partial charge in [0.1, 0.15) is 5.54 Å². The van der Waals surface area contributed by atoms with Crippen LogP contribution in [-0.4, -0.2) is 36.0 Å². The molecule has 0 aromatic heterocycles. The van der Waals surface area contributed by atoms with Gasteiger partial charge in [-0.15, -0.1) is 0 Å². The maximum atomic E-state index is 12.8. The van der Waals surface area contributed by atoms with E-state index in [1.807, 2.05) is 17.0 Å². The van der Waals surface area contributed by atoms with Gasteiger partial charge in [-0.2, -0.15) is 0 Å². The molecule has 1 amide bonds. The van der Waals surface area contributed by atoms with Crippen molar-refractivity contribution in [1.29, 1.82) is 0 Å². The van der Waals surface area contributed by atoms with Crippen LogP contribution in [0.3, 0.4) is 0 Å². The molecule has 108 valence electrons. The summed E-state index contributed by atoms with van der Waals surface area (Å²) in [5, 5.41) is 0. The molecule has 4 nitrogen and oxygen atoms in total. The van der Waals surface area contributed by atoms with E-state index in [4.69, 9.17) is 11.5 Å². The maximum Gasteiger partial charge on any atom is 0.243 e. The Bertz CT molecular complexity index is 489. The fraction of sp³-hybridized carbons (Fsp3) is 0.562. The van der Waals surface area contributed by atoms with E-state index < -0.39 is 5.54 Å². The summed E-state index contributed by atoms with van der Waals surface area (Å²) < 4.78 is 0. The van der Waals surface area contributed by atoms with E-state index in [0.717, 1.165) is 25.9 Å². The third kappa shape index (κ3) is 2.34. The first-order valence-electron chi connectivity index (χ1n) is 7.47. The zero-order valence-corrected chi connectivity index (χ0v) is 11.8. The minimum atomic E-state index is -0.750. The number of nitrogens with zero attached hydrogens (tertiary/aromatic N) is 1. The quantitative estimate of drug-likeness (QED) is 0.832. The Balaban J connectivity index is 1.75. The number of carbonyl (C=O) groups is 1. The molecule has 1 unspecified atom stereocenters. The van der Waals surface area contributed by atoms with E-state index in [-0.39, 0.29) is 5.91 Å². The van der Waals surface area contributed by atoms with Gasteiger partial charge >= 0.3 is 0 Å². The molecule has 1 aromatic rings. The van der Waals surface area contributed by atoms with Crippen LogP contribution in [-0.2, 0) is 17.6 Å². The first kappa shape index (κ1) is 13.6. The molecule has 1 aliphatic heterocycles. The molecule has 0 radical (unpaired) electrons. The highest BCUT2D eigenvalue weighted by Crippen LogP contribution is 2.30. The Labute approximate surface area is 120 Å². The Morgan fingerprint density at radius 3 is 2.55 bits per heavy atom. The molecule has 20 heavy (non-hydrogen) atoms. The molecule has 1 aliphatic carbocycles. The predicted molar refractivity (Wildman–Crippen MR) is 79.1 cm³/mol. The summed E-state index contributed by atoms with van der Waals surface area (Å²) in [7, 11) is 0. The standard InChI is InChI=1S/C16H23N3O/c17-10-12-4-3-7-19(11-12)15(20)16(18)8-13-5-1-2-6-14(13)9-16/h1-2,5-6,12H,3-4,7-11,17-18H2. The molecule has 1 atom stereocenters. The molecule has 0 bridgehead atoms. The highest BCUT2D eigenvalue weighted by molar-refractivity contribution is 5.88. The fourth-order valence-corrected chi connectivity index (χ4v) is 3.55. The van der Waals surface area contributed by atoms with Crippen LogP contribution in [0.1, 0.15) is 24.0 Å². The monoisotopic (exact) mass is 273 g/mol. The number of nitrogens with two attached hydrogens (primary N) is 2. The van der Waals surface area contributed by atoms with Crippen LogP contribution in [0.4, 0.5) is 0 Å². The number of rotatable bonds is 2. The number of piperidine rings is 1. The van der Waals surface area contributed by atoms with Crippen LogP contribution in [0, 0.1) is 5.92 Å². The molecular weight excluding hydrogens is 250 g/mol. The highest BCUT2D eigenvalue weighted by atomic mass is 16.2. The Morgan fingerprint density at radius 2 is 1.95 bits per heavy atom. The molecule has 1 fully saturated rings. The van der Waals surface area contributed by atoms with Gasteiger partial charge < -0.3 is 16.4 Å². The van der Waals surface area contributed by atoms with Crippen LogP contribution >= 0.6 is 0 Å². The largest absolute Gasteiger partial charge is 0.341 e. The fourth-order valence-electron chi connectivity index (χ4n) is 3.55. The first-order chi connectivity index (χ1) is 9.62. The summed E-state index contributed by atoms with van der Waals surface area (Å²) >= 11 is 0. The molecular formula is C16H23N3O. The average Bonchev–Trinajstić information content (AvgIpc) is 2.84. The minimum absolute atomic E-state index is 0.104. The molecule has 2 aliphatic rings. The molecule has 4 N–H and O–H groups in total. The number of hydrogen-bond donors (Lipinski definition) is 2. The smallest absolute Gasteiger partial charge is 0.243 e. The van der Waals surface area contributed by atoms with E-state index in [9.17, 15) is 4.79 Å². The third-order valence-electron chi connectivity index (χ3n) is 4.70. The lowest BCUT2D eigenvalue weighted by Gasteiger charge is -2.37. The predicted octanol–water partition coefficient (Wildman–Crippen LogP) is 0.680. The van der Waals surface area contributed by atoms with Crippen molar-refractivity contribution >= 4 is 5.91 Å². The minimum Gasteiger partial charge on any atom is -0.341 e. The van der Waals surface area contributed by atoms with Crippen molar-refractivity contribution in [2.24, 2.45) is 17.4 Å². The summed E-state index contributed by atoms with van der Waals surface area (Å²) in [6.07, 6.45) is 3.48. The van der Waals surface area contributed by atoms with Crippen LogP contribution in [0.2, 0.25) is 0 Å². The number of hydrogen-bond acceptors (Lipinski definition) is 3. The number of likely N-dealkylation sites (tertiary alicyclic amines) is 1. The van der Waals surface area contributed by atoms with Crippen molar-refractivity contribution in [2.75, 3.05) is 19.6 Å². The molecule has 1 saturated heterocycles. The maximum absolute atomic E-state index is 12.8. The van der Waals surface area contributed by atoms with E-state index in [2.05, 4.69) is 12.1 Å². The van der Waals surface area contributed by atoms with Crippen LogP contribution < -0.4 is 11.5 Å². The number of benzene rings is 1. The molecule has 1 aromatic carbocycles. The average molecular weight is 273 g/mol. The lowest BCUT2D eigenvalue weighted by molar-refractivity contribution is -0.138. The van der Waals surface area contributed by atoms with Gasteiger partial charge in [0.2, 0.25) is 5.91 Å². The molecule has 1 heterocycles. The van der Waals surface area contributed by atoms with E-state index in [1.54, 1.807) is 0 Å². The number of fused-ring (bicyclic) bond motifs is 1. The zero-order chi connectivity index (χ0) is 14.2. The highest BCUT2D eigenvalue weighted by Gasteiger charge is 2.43. The van der Waals surface area contributed by atoms with E-state index in [0.29, 0.717) is 25.3 Å². The second-order valence-corrected chi connectivity index (χ2v) is 6.27. The number of carbonyl (C=O) groups excluding carboxylic acids is 1. The Kier molecular flexibility index (Phi) is 3.52. The molecule has 0 saturated carbocycles. The molecule has 0 spiro atoms. The van der Waals surface area contributed by atoms with Gasteiger partial charge in [0.25, 0.3) is 0 Å². The second-order valence-electron chi connectivity index (χ2n) is 6.27. The van der Waals surface area contributed by atoms with Gasteiger partial charge in [0, 0.05) is 13.1 Å². The Morgan fingerprint density at radius 1 is 1.30 bits per heavy atom. The van der Waals surface area contributed by atoms with Crippen LogP contribution in [0.5, 0.6) is 0 Å². The van der Waals surface area contributed by atoms with Crippen molar-refractivity contribution in [3.05, 3.63) is 35.4 Å². The number of amides is 1. The van der Waals surface area contributed by atoms with E-state index in [1.165, 1.54) is 11.1 Å². The van der Waals surface area contributed by atoms with E-state index >= 15 is 0 Å². The lowest BCUT2D eigenvalue weighted by Crippen LogP contribution is -2.58. The second kappa shape index (κ2) is 5.19. The first-order valence-corrected chi connectivity index (χ1v) is 7.47. The van der Waals surface area contributed by atoms with Crippen molar-refractivity contribution in [3.8, 4) is 0 Å². The molecule has 4 heteroatoms. The van der Waals surface area contributed by atoms with Gasteiger partial charge in [0.05, 0.1) is 0 Å². The van der Waals surface area contributed by atoms with Gasteiger partial charge in [-0.1, -0.05) is 24.3 Å². The zero-order valence-electron chi connectivity index (χ0n) is 11.8.